The number of rotatable bonds is 4. The molecule has 4 rings (SSSR count). The fraction of sp³-hybridized carbons (Fsp3) is 0.211. The van der Waals surface area contributed by atoms with E-state index >= 15 is 0 Å². The zero-order valence-electron chi connectivity index (χ0n) is 14.9. The van der Waals surface area contributed by atoms with Crippen LogP contribution in [0.2, 0.25) is 0 Å². The number of aliphatic hydroxyl groups excluding tert-OH is 1. The molecule has 138 valence electrons. The number of benzene rings is 2. The first-order valence-corrected chi connectivity index (χ1v) is 8.96. The first kappa shape index (κ1) is 17.6. The summed E-state index contributed by atoms with van der Waals surface area (Å²) in [5.74, 6) is 0.157. The Balaban J connectivity index is 2.00. The summed E-state index contributed by atoms with van der Waals surface area (Å²) in [5.41, 5.74) is 3.65. The lowest BCUT2D eigenvalue weighted by atomic mass is 10.1. The standard InChI is InChI=1S/C19H16FN3O3S/c1-9-16(20)13(25-2)6-14-17(9)23-19(27-14)11-4-10(8-24)5-12-18(11)21-7-15(22-12)26-3/h4-7,24H,8H2,1-3H3. The minimum absolute atomic E-state index is 0.145. The average molecular weight is 385 g/mol. The molecule has 2 aromatic heterocycles. The highest BCUT2D eigenvalue weighted by atomic mass is 32.1. The first-order chi connectivity index (χ1) is 13.0. The summed E-state index contributed by atoms with van der Waals surface area (Å²) in [6.07, 6.45) is 1.53. The number of hydrogen-bond donors (Lipinski definition) is 1. The summed E-state index contributed by atoms with van der Waals surface area (Å²) < 4.78 is 25.4. The number of nitrogens with zero attached hydrogens (tertiary/aromatic N) is 3. The zero-order valence-corrected chi connectivity index (χ0v) is 15.7. The van der Waals surface area contributed by atoms with Gasteiger partial charge in [0.15, 0.2) is 11.6 Å². The Morgan fingerprint density at radius 1 is 1.11 bits per heavy atom. The highest BCUT2D eigenvalue weighted by molar-refractivity contribution is 7.21. The Morgan fingerprint density at radius 2 is 1.93 bits per heavy atom. The van der Waals surface area contributed by atoms with Crippen LogP contribution in [-0.2, 0) is 6.61 Å². The number of thiazole rings is 1. The normalized spacial score (nSPS) is 11.3. The van der Waals surface area contributed by atoms with Gasteiger partial charge in [-0.3, -0.25) is 0 Å². The van der Waals surface area contributed by atoms with Gasteiger partial charge < -0.3 is 14.6 Å². The number of fused-ring (bicyclic) bond motifs is 2. The van der Waals surface area contributed by atoms with Crippen molar-refractivity contribution >= 4 is 32.6 Å². The second kappa shape index (κ2) is 6.71. The topological polar surface area (TPSA) is 77.4 Å². The summed E-state index contributed by atoms with van der Waals surface area (Å²) >= 11 is 1.41. The van der Waals surface area contributed by atoms with Gasteiger partial charge in [-0.2, -0.15) is 0 Å². The number of aryl methyl sites for hydroxylation is 1. The van der Waals surface area contributed by atoms with Crippen LogP contribution >= 0.6 is 11.3 Å². The van der Waals surface area contributed by atoms with Gasteiger partial charge in [0, 0.05) is 17.2 Å². The maximum Gasteiger partial charge on any atom is 0.232 e. The monoisotopic (exact) mass is 385 g/mol. The van der Waals surface area contributed by atoms with E-state index in [2.05, 4.69) is 15.0 Å². The van der Waals surface area contributed by atoms with Crippen LogP contribution in [0.4, 0.5) is 4.39 Å². The lowest BCUT2D eigenvalue weighted by molar-refractivity contribution is 0.282. The molecule has 0 bridgehead atoms. The molecule has 0 amide bonds. The minimum Gasteiger partial charge on any atom is -0.494 e. The SMILES string of the molecule is COc1cnc2c(-c3nc4c(C)c(F)c(OC)cc4s3)cc(CO)cc2n1. The Bertz CT molecular complexity index is 1170. The number of aliphatic hydroxyl groups is 1. The first-order valence-electron chi connectivity index (χ1n) is 8.14. The fourth-order valence-corrected chi connectivity index (χ4v) is 4.02. The van der Waals surface area contributed by atoms with Crippen LogP contribution in [0.15, 0.2) is 24.4 Å². The third kappa shape index (κ3) is 2.87. The predicted octanol–water partition coefficient (Wildman–Crippen LogP) is 3.86. The van der Waals surface area contributed by atoms with Gasteiger partial charge in [0.05, 0.1) is 48.3 Å². The number of methoxy groups -OCH3 is 2. The molecule has 2 aromatic carbocycles. The summed E-state index contributed by atoms with van der Waals surface area (Å²) in [4.78, 5) is 13.5. The highest BCUT2D eigenvalue weighted by Gasteiger charge is 2.18. The van der Waals surface area contributed by atoms with E-state index in [1.807, 2.05) is 6.07 Å². The Hall–Kier alpha value is -2.84. The van der Waals surface area contributed by atoms with Crippen molar-refractivity contribution in [3.63, 3.8) is 0 Å². The lowest BCUT2D eigenvalue weighted by Crippen LogP contribution is -1.95. The van der Waals surface area contributed by atoms with E-state index in [0.717, 1.165) is 10.3 Å². The maximum absolute atomic E-state index is 14.4. The van der Waals surface area contributed by atoms with E-state index in [-0.39, 0.29) is 12.4 Å². The Kier molecular flexibility index (Phi) is 4.37. The average Bonchev–Trinajstić information content (AvgIpc) is 3.13. The molecular weight excluding hydrogens is 369 g/mol. The summed E-state index contributed by atoms with van der Waals surface area (Å²) in [6.45, 7) is 1.53. The van der Waals surface area contributed by atoms with Gasteiger partial charge in [-0.25, -0.2) is 19.3 Å². The van der Waals surface area contributed by atoms with Crippen LogP contribution in [0.5, 0.6) is 11.6 Å². The second-order valence-electron chi connectivity index (χ2n) is 5.97. The summed E-state index contributed by atoms with van der Waals surface area (Å²) in [6, 6.07) is 5.23. The van der Waals surface area contributed by atoms with E-state index in [4.69, 9.17) is 9.47 Å². The van der Waals surface area contributed by atoms with Crippen molar-refractivity contribution in [3.05, 3.63) is 41.3 Å². The van der Waals surface area contributed by atoms with Gasteiger partial charge >= 0.3 is 0 Å². The smallest absolute Gasteiger partial charge is 0.232 e. The van der Waals surface area contributed by atoms with Gasteiger partial charge in [-0.15, -0.1) is 11.3 Å². The van der Waals surface area contributed by atoms with Crippen molar-refractivity contribution in [3.8, 4) is 22.2 Å². The van der Waals surface area contributed by atoms with E-state index in [9.17, 15) is 9.50 Å². The molecule has 0 atom stereocenters. The molecule has 0 spiro atoms. The molecular formula is C19H16FN3O3S. The molecule has 0 aliphatic carbocycles. The van der Waals surface area contributed by atoms with E-state index in [0.29, 0.717) is 38.6 Å². The predicted molar refractivity (Wildman–Crippen MR) is 102 cm³/mol. The minimum atomic E-state index is -0.416. The molecule has 4 aromatic rings. The lowest BCUT2D eigenvalue weighted by Gasteiger charge is -2.07. The van der Waals surface area contributed by atoms with Crippen LogP contribution < -0.4 is 9.47 Å². The summed E-state index contributed by atoms with van der Waals surface area (Å²) in [5, 5.41) is 10.3. The van der Waals surface area contributed by atoms with Crippen LogP contribution in [0.3, 0.4) is 0 Å². The van der Waals surface area contributed by atoms with Crippen LogP contribution in [0.1, 0.15) is 11.1 Å². The molecule has 0 unspecified atom stereocenters. The molecule has 27 heavy (non-hydrogen) atoms. The van der Waals surface area contributed by atoms with Crippen molar-refractivity contribution in [1.82, 2.24) is 15.0 Å². The molecule has 0 aliphatic heterocycles. The zero-order chi connectivity index (χ0) is 19.1. The molecule has 0 aliphatic rings. The van der Waals surface area contributed by atoms with Gasteiger partial charge in [0.2, 0.25) is 5.88 Å². The van der Waals surface area contributed by atoms with Crippen LogP contribution in [0.25, 0.3) is 31.8 Å². The van der Waals surface area contributed by atoms with E-state index < -0.39 is 5.82 Å². The summed E-state index contributed by atoms with van der Waals surface area (Å²) in [7, 11) is 2.96. The van der Waals surface area contributed by atoms with Gasteiger partial charge in [0.25, 0.3) is 0 Å². The third-order valence-electron chi connectivity index (χ3n) is 4.34. The van der Waals surface area contributed by atoms with Gasteiger partial charge in [-0.05, 0) is 24.6 Å². The molecule has 2 heterocycles. The van der Waals surface area contributed by atoms with Crippen LogP contribution in [0, 0.1) is 12.7 Å². The van der Waals surface area contributed by atoms with E-state index in [1.165, 1.54) is 31.8 Å². The molecule has 0 radical (unpaired) electrons. The number of aromatic nitrogens is 3. The van der Waals surface area contributed by atoms with Crippen molar-refractivity contribution in [2.24, 2.45) is 0 Å². The number of halogens is 1. The molecule has 1 N–H and O–H groups in total. The van der Waals surface area contributed by atoms with Crippen LogP contribution in [-0.4, -0.2) is 34.3 Å². The third-order valence-corrected chi connectivity index (χ3v) is 5.38. The van der Waals surface area contributed by atoms with E-state index in [1.54, 1.807) is 19.1 Å². The van der Waals surface area contributed by atoms with Crippen molar-refractivity contribution in [2.45, 2.75) is 13.5 Å². The molecule has 8 heteroatoms. The highest BCUT2D eigenvalue weighted by Crippen LogP contribution is 2.38. The number of ether oxygens (including phenoxy) is 2. The van der Waals surface area contributed by atoms with Crippen molar-refractivity contribution < 1.29 is 19.0 Å². The molecule has 6 nitrogen and oxygen atoms in total. The number of hydrogen-bond acceptors (Lipinski definition) is 7. The quantitative estimate of drug-likeness (QED) is 0.575. The Labute approximate surface area is 158 Å². The maximum atomic E-state index is 14.4. The Morgan fingerprint density at radius 3 is 2.63 bits per heavy atom. The van der Waals surface area contributed by atoms with Crippen molar-refractivity contribution in [2.75, 3.05) is 14.2 Å². The molecule has 0 saturated carbocycles. The van der Waals surface area contributed by atoms with Gasteiger partial charge in [0.1, 0.15) is 5.01 Å². The fourth-order valence-electron chi connectivity index (χ4n) is 2.95. The molecule has 0 fully saturated rings. The van der Waals surface area contributed by atoms with Crippen molar-refractivity contribution in [1.29, 1.82) is 0 Å². The van der Waals surface area contributed by atoms with Gasteiger partial charge in [-0.1, -0.05) is 0 Å². The second-order valence-corrected chi connectivity index (χ2v) is 7.00. The largest absolute Gasteiger partial charge is 0.494 e. The molecule has 0 saturated heterocycles.